The van der Waals surface area contributed by atoms with Gasteiger partial charge in [-0.2, -0.15) is 0 Å². The van der Waals surface area contributed by atoms with Gasteiger partial charge in [0.05, 0.1) is 16.9 Å². The average molecular weight is 345 g/mol. The van der Waals surface area contributed by atoms with Crippen LogP contribution < -0.4 is 5.32 Å². The molecular formula is C18H15N7O. The van der Waals surface area contributed by atoms with Gasteiger partial charge in [0.1, 0.15) is 5.52 Å². The van der Waals surface area contributed by atoms with Gasteiger partial charge in [-0.3, -0.25) is 10.1 Å². The second kappa shape index (κ2) is 6.32. The van der Waals surface area contributed by atoms with E-state index in [1.807, 2.05) is 43.3 Å². The second-order valence-electron chi connectivity index (χ2n) is 5.80. The van der Waals surface area contributed by atoms with E-state index >= 15 is 0 Å². The maximum absolute atomic E-state index is 12.6. The van der Waals surface area contributed by atoms with Crippen LogP contribution in [-0.2, 0) is 0 Å². The van der Waals surface area contributed by atoms with E-state index in [1.54, 1.807) is 23.7 Å². The van der Waals surface area contributed by atoms with Crippen LogP contribution in [0.25, 0.3) is 16.7 Å². The van der Waals surface area contributed by atoms with Crippen molar-refractivity contribution in [3.05, 3.63) is 65.5 Å². The number of para-hydroxylation sites is 2. The average Bonchev–Trinajstić information content (AvgIpc) is 3.03. The van der Waals surface area contributed by atoms with Gasteiger partial charge in [0.2, 0.25) is 5.95 Å². The van der Waals surface area contributed by atoms with Gasteiger partial charge in [0.15, 0.2) is 5.69 Å². The highest BCUT2D eigenvalue weighted by molar-refractivity contribution is 6.02. The molecule has 0 saturated carbocycles. The number of hydrogen-bond acceptors (Lipinski definition) is 6. The number of fused-ring (bicyclic) bond motifs is 1. The number of aromatic nitrogens is 6. The van der Waals surface area contributed by atoms with Crippen molar-refractivity contribution in [2.75, 3.05) is 5.32 Å². The zero-order chi connectivity index (χ0) is 18.1. The third kappa shape index (κ3) is 2.77. The molecular weight excluding hydrogens is 330 g/mol. The summed E-state index contributed by atoms with van der Waals surface area (Å²) in [7, 11) is 0. The van der Waals surface area contributed by atoms with Gasteiger partial charge in [0.25, 0.3) is 5.91 Å². The molecule has 1 N–H and O–H groups in total. The molecule has 4 rings (SSSR count). The number of benzene rings is 2. The SMILES string of the molecule is Cc1ccccc1-n1nnc(C(=O)Nc2nnc3ccccc3n2)c1C. The Morgan fingerprint density at radius 1 is 0.923 bits per heavy atom. The Morgan fingerprint density at radius 2 is 1.65 bits per heavy atom. The van der Waals surface area contributed by atoms with Crippen LogP contribution >= 0.6 is 0 Å². The Morgan fingerprint density at radius 3 is 2.46 bits per heavy atom. The number of aryl methyl sites for hydroxylation is 1. The smallest absolute Gasteiger partial charge is 0.280 e. The molecule has 0 unspecified atom stereocenters. The zero-order valence-electron chi connectivity index (χ0n) is 14.2. The number of nitrogens with one attached hydrogen (secondary N) is 1. The van der Waals surface area contributed by atoms with E-state index in [0.717, 1.165) is 11.3 Å². The van der Waals surface area contributed by atoms with E-state index in [2.05, 4.69) is 30.8 Å². The Labute approximate surface area is 148 Å². The van der Waals surface area contributed by atoms with Crippen molar-refractivity contribution >= 4 is 22.9 Å². The van der Waals surface area contributed by atoms with Crippen molar-refractivity contribution in [1.82, 2.24) is 30.2 Å². The molecule has 2 aromatic heterocycles. The van der Waals surface area contributed by atoms with E-state index in [9.17, 15) is 4.79 Å². The number of carbonyl (C=O) groups excluding carboxylic acids is 1. The molecule has 128 valence electrons. The number of anilines is 1. The molecule has 4 aromatic rings. The van der Waals surface area contributed by atoms with Crippen molar-refractivity contribution < 1.29 is 4.79 Å². The molecule has 0 aliphatic rings. The summed E-state index contributed by atoms with van der Waals surface area (Å²) in [5, 5.41) is 18.7. The van der Waals surface area contributed by atoms with E-state index in [0.29, 0.717) is 16.7 Å². The molecule has 0 bridgehead atoms. The van der Waals surface area contributed by atoms with Gasteiger partial charge in [-0.1, -0.05) is 35.5 Å². The topological polar surface area (TPSA) is 98.5 Å². The summed E-state index contributed by atoms with van der Waals surface area (Å²) in [6.45, 7) is 3.77. The predicted octanol–water partition coefficient (Wildman–Crippen LogP) is 2.47. The summed E-state index contributed by atoms with van der Waals surface area (Å²) >= 11 is 0. The molecule has 0 spiro atoms. The first-order valence-electron chi connectivity index (χ1n) is 8.02. The minimum atomic E-state index is -0.431. The maximum Gasteiger partial charge on any atom is 0.280 e. The highest BCUT2D eigenvalue weighted by Gasteiger charge is 2.19. The van der Waals surface area contributed by atoms with Crippen LogP contribution in [0.3, 0.4) is 0 Å². The summed E-state index contributed by atoms with van der Waals surface area (Å²) < 4.78 is 1.64. The number of hydrogen-bond donors (Lipinski definition) is 1. The summed E-state index contributed by atoms with van der Waals surface area (Å²) in [5.74, 6) is -0.307. The lowest BCUT2D eigenvalue weighted by Gasteiger charge is -2.07. The first kappa shape index (κ1) is 15.8. The maximum atomic E-state index is 12.6. The van der Waals surface area contributed by atoms with Crippen molar-refractivity contribution in [1.29, 1.82) is 0 Å². The minimum Gasteiger partial charge on any atom is -0.288 e. The van der Waals surface area contributed by atoms with Gasteiger partial charge in [0, 0.05) is 0 Å². The highest BCUT2D eigenvalue weighted by Crippen LogP contribution is 2.17. The lowest BCUT2D eigenvalue weighted by atomic mass is 10.2. The number of amides is 1. The van der Waals surface area contributed by atoms with Gasteiger partial charge in [-0.05, 0) is 37.6 Å². The van der Waals surface area contributed by atoms with Crippen molar-refractivity contribution in [2.24, 2.45) is 0 Å². The summed E-state index contributed by atoms with van der Waals surface area (Å²) in [6.07, 6.45) is 0. The van der Waals surface area contributed by atoms with Crippen LogP contribution in [0.5, 0.6) is 0 Å². The molecule has 1 amide bonds. The Bertz CT molecular complexity index is 1120. The van der Waals surface area contributed by atoms with Gasteiger partial charge in [-0.25, -0.2) is 9.67 Å². The molecule has 0 saturated heterocycles. The van der Waals surface area contributed by atoms with Crippen molar-refractivity contribution in [3.63, 3.8) is 0 Å². The standard InChI is InChI=1S/C18H15N7O/c1-11-7-3-6-10-15(11)25-12(2)16(22-24-25)17(26)20-18-19-13-8-4-5-9-14(13)21-23-18/h3-10H,1-2H3,(H,19,20,23,26). The summed E-state index contributed by atoms with van der Waals surface area (Å²) in [4.78, 5) is 16.9. The molecule has 2 aromatic carbocycles. The Hall–Kier alpha value is -3.68. The van der Waals surface area contributed by atoms with Crippen LogP contribution in [0.2, 0.25) is 0 Å². The van der Waals surface area contributed by atoms with Gasteiger partial charge in [-0.15, -0.1) is 15.3 Å². The fourth-order valence-corrected chi connectivity index (χ4v) is 2.66. The number of nitrogens with zero attached hydrogens (tertiary/aromatic N) is 6. The molecule has 0 radical (unpaired) electrons. The largest absolute Gasteiger partial charge is 0.288 e. The first-order chi connectivity index (χ1) is 12.6. The van der Waals surface area contributed by atoms with Gasteiger partial charge >= 0.3 is 0 Å². The molecule has 8 nitrogen and oxygen atoms in total. The Balaban J connectivity index is 1.63. The van der Waals surface area contributed by atoms with Crippen LogP contribution in [0.15, 0.2) is 48.5 Å². The van der Waals surface area contributed by atoms with Crippen molar-refractivity contribution in [3.8, 4) is 5.69 Å². The molecule has 0 aliphatic carbocycles. The van der Waals surface area contributed by atoms with E-state index in [4.69, 9.17) is 0 Å². The monoisotopic (exact) mass is 345 g/mol. The summed E-state index contributed by atoms with van der Waals surface area (Å²) in [5.41, 5.74) is 4.07. The molecule has 0 atom stereocenters. The lowest BCUT2D eigenvalue weighted by Crippen LogP contribution is -2.16. The molecule has 0 aliphatic heterocycles. The molecule has 26 heavy (non-hydrogen) atoms. The van der Waals surface area contributed by atoms with Gasteiger partial charge < -0.3 is 0 Å². The van der Waals surface area contributed by atoms with Crippen molar-refractivity contribution in [2.45, 2.75) is 13.8 Å². The van der Waals surface area contributed by atoms with Crippen LogP contribution in [-0.4, -0.2) is 36.1 Å². The van der Waals surface area contributed by atoms with E-state index < -0.39 is 5.91 Å². The third-order valence-corrected chi connectivity index (χ3v) is 4.04. The number of carbonyl (C=O) groups is 1. The van der Waals surface area contributed by atoms with Crippen LogP contribution in [0.4, 0.5) is 5.95 Å². The zero-order valence-corrected chi connectivity index (χ0v) is 14.2. The minimum absolute atomic E-state index is 0.124. The molecule has 2 heterocycles. The number of rotatable bonds is 3. The quantitative estimate of drug-likeness (QED) is 0.612. The fraction of sp³-hybridized carbons (Fsp3) is 0.111. The summed E-state index contributed by atoms with van der Waals surface area (Å²) in [6, 6.07) is 15.1. The normalized spacial score (nSPS) is 10.8. The predicted molar refractivity (Wildman–Crippen MR) is 96.1 cm³/mol. The lowest BCUT2D eigenvalue weighted by molar-refractivity contribution is 0.102. The molecule has 8 heteroatoms. The van der Waals surface area contributed by atoms with Crippen LogP contribution in [0, 0.1) is 13.8 Å². The fourth-order valence-electron chi connectivity index (χ4n) is 2.66. The first-order valence-corrected chi connectivity index (χ1v) is 8.02. The molecule has 0 fully saturated rings. The van der Waals surface area contributed by atoms with E-state index in [1.165, 1.54) is 0 Å². The third-order valence-electron chi connectivity index (χ3n) is 4.04. The Kier molecular flexibility index (Phi) is 3.85. The van der Waals surface area contributed by atoms with Crippen LogP contribution in [0.1, 0.15) is 21.7 Å². The highest BCUT2D eigenvalue weighted by atomic mass is 16.2. The van der Waals surface area contributed by atoms with E-state index in [-0.39, 0.29) is 11.6 Å². The second-order valence-corrected chi connectivity index (χ2v) is 5.80.